The van der Waals surface area contributed by atoms with Crippen LogP contribution in [-0.4, -0.2) is 36.8 Å². The molecule has 1 aromatic carbocycles. The molecule has 0 aliphatic heterocycles. The van der Waals surface area contributed by atoms with Crippen molar-refractivity contribution in [1.82, 2.24) is 29.6 Å². The molecule has 4 aromatic rings. The summed E-state index contributed by atoms with van der Waals surface area (Å²) in [5, 5.41) is 8.77. The van der Waals surface area contributed by atoms with E-state index in [-0.39, 0.29) is 11.4 Å². The molecule has 1 aliphatic carbocycles. The van der Waals surface area contributed by atoms with Gasteiger partial charge in [0, 0.05) is 24.7 Å². The van der Waals surface area contributed by atoms with Crippen LogP contribution in [0, 0.1) is 13.8 Å². The zero-order chi connectivity index (χ0) is 23.3. The summed E-state index contributed by atoms with van der Waals surface area (Å²) in [6.07, 6.45) is 3.11. The number of hydrogen-bond donors (Lipinski definition) is 1. The molecule has 0 spiro atoms. The number of amides is 1. The van der Waals surface area contributed by atoms with Crippen LogP contribution in [0.1, 0.15) is 73.5 Å². The van der Waals surface area contributed by atoms with Gasteiger partial charge in [-0.1, -0.05) is 12.1 Å². The number of para-hydroxylation sites is 2. The van der Waals surface area contributed by atoms with Crippen molar-refractivity contribution in [1.29, 1.82) is 0 Å². The second kappa shape index (κ2) is 7.97. The molecule has 1 aliphatic rings. The van der Waals surface area contributed by atoms with Crippen molar-refractivity contribution < 1.29 is 4.79 Å². The van der Waals surface area contributed by atoms with Gasteiger partial charge >= 0.3 is 0 Å². The van der Waals surface area contributed by atoms with E-state index in [2.05, 4.69) is 41.7 Å². The zero-order valence-electron chi connectivity index (χ0n) is 20.1. The van der Waals surface area contributed by atoms with Crippen molar-refractivity contribution in [2.45, 2.75) is 71.9 Å². The second-order valence-corrected chi connectivity index (χ2v) is 10.1. The number of aromatic nitrogens is 5. The number of fused-ring (bicyclic) bond motifs is 2. The van der Waals surface area contributed by atoms with Crippen LogP contribution in [0.3, 0.4) is 0 Å². The molecule has 5 rings (SSSR count). The maximum absolute atomic E-state index is 13.3. The van der Waals surface area contributed by atoms with Gasteiger partial charge < -0.3 is 9.88 Å². The fraction of sp³-hybridized carbons (Fsp3) is 0.462. The summed E-state index contributed by atoms with van der Waals surface area (Å²) in [5.74, 6) is 1.41. The molecule has 33 heavy (non-hydrogen) atoms. The molecule has 0 bridgehead atoms. The molecule has 1 amide bonds. The molecule has 172 valence electrons. The minimum absolute atomic E-state index is 0.0481. The molecule has 0 atom stereocenters. The van der Waals surface area contributed by atoms with Crippen LogP contribution in [0.15, 0.2) is 30.3 Å². The third-order valence-electron chi connectivity index (χ3n) is 6.40. The van der Waals surface area contributed by atoms with Gasteiger partial charge in [0.1, 0.15) is 5.82 Å². The minimum Gasteiger partial charge on any atom is -0.352 e. The van der Waals surface area contributed by atoms with Crippen LogP contribution >= 0.6 is 0 Å². The normalized spacial score (nSPS) is 14.3. The number of nitrogens with one attached hydrogen (secondary N) is 1. The molecule has 7 nitrogen and oxygen atoms in total. The van der Waals surface area contributed by atoms with E-state index < -0.39 is 0 Å². The van der Waals surface area contributed by atoms with Gasteiger partial charge in [-0.15, -0.1) is 0 Å². The molecule has 0 unspecified atom stereocenters. The number of carbonyl (C=O) groups excluding carboxylic acids is 1. The zero-order valence-corrected chi connectivity index (χ0v) is 20.1. The lowest BCUT2D eigenvalue weighted by atomic mass is 10.1. The van der Waals surface area contributed by atoms with Crippen molar-refractivity contribution in [3.05, 3.63) is 53.1 Å². The highest BCUT2D eigenvalue weighted by Crippen LogP contribution is 2.41. The lowest BCUT2D eigenvalue weighted by Gasteiger charge is -2.20. The molecular formula is C26H32N6O. The monoisotopic (exact) mass is 444 g/mol. The number of imidazole rings is 1. The molecule has 1 fully saturated rings. The van der Waals surface area contributed by atoms with Gasteiger partial charge in [0.2, 0.25) is 0 Å². The van der Waals surface area contributed by atoms with Gasteiger partial charge in [-0.3, -0.25) is 4.79 Å². The van der Waals surface area contributed by atoms with Crippen LogP contribution in [-0.2, 0) is 12.1 Å². The Morgan fingerprint density at radius 3 is 2.64 bits per heavy atom. The van der Waals surface area contributed by atoms with Crippen molar-refractivity contribution in [3.63, 3.8) is 0 Å². The summed E-state index contributed by atoms with van der Waals surface area (Å²) in [4.78, 5) is 22.9. The van der Waals surface area contributed by atoms with Gasteiger partial charge in [0.25, 0.3) is 5.91 Å². The van der Waals surface area contributed by atoms with E-state index in [0.29, 0.717) is 18.0 Å². The van der Waals surface area contributed by atoms with Crippen LogP contribution in [0.25, 0.3) is 22.1 Å². The quantitative estimate of drug-likeness (QED) is 0.431. The fourth-order valence-electron chi connectivity index (χ4n) is 4.56. The SMILES string of the molecule is Cc1nn(C(C)(C)C)c2nc(C3CC3)cc(C(=O)NCCCn3c(C)nc4ccccc43)c12. The third-order valence-corrected chi connectivity index (χ3v) is 6.40. The third kappa shape index (κ3) is 4.01. The average molecular weight is 445 g/mol. The highest BCUT2D eigenvalue weighted by Gasteiger charge is 2.30. The Hall–Kier alpha value is -3.22. The van der Waals surface area contributed by atoms with Crippen molar-refractivity contribution in [2.75, 3.05) is 6.54 Å². The number of aryl methyl sites for hydroxylation is 3. The largest absolute Gasteiger partial charge is 0.352 e. The Kier molecular flexibility index (Phi) is 5.22. The van der Waals surface area contributed by atoms with E-state index in [1.807, 2.05) is 42.8 Å². The maximum atomic E-state index is 13.3. The first kappa shape index (κ1) is 21.6. The molecule has 7 heteroatoms. The second-order valence-electron chi connectivity index (χ2n) is 10.1. The Bertz CT molecular complexity index is 1350. The molecule has 3 aromatic heterocycles. The maximum Gasteiger partial charge on any atom is 0.252 e. The summed E-state index contributed by atoms with van der Waals surface area (Å²) < 4.78 is 4.18. The summed E-state index contributed by atoms with van der Waals surface area (Å²) in [7, 11) is 0. The Balaban J connectivity index is 1.37. The summed E-state index contributed by atoms with van der Waals surface area (Å²) in [5.41, 5.74) is 5.31. The Labute approximate surface area is 194 Å². The van der Waals surface area contributed by atoms with Gasteiger partial charge in [0.05, 0.1) is 33.2 Å². The number of benzene rings is 1. The summed E-state index contributed by atoms with van der Waals surface area (Å²) in [6, 6.07) is 10.2. The predicted molar refractivity (Wildman–Crippen MR) is 131 cm³/mol. The lowest BCUT2D eigenvalue weighted by Crippen LogP contribution is -2.26. The van der Waals surface area contributed by atoms with Crippen LogP contribution < -0.4 is 5.32 Å². The Morgan fingerprint density at radius 2 is 1.91 bits per heavy atom. The molecule has 0 radical (unpaired) electrons. The summed E-state index contributed by atoms with van der Waals surface area (Å²) >= 11 is 0. The number of pyridine rings is 1. The highest BCUT2D eigenvalue weighted by molar-refractivity contribution is 6.06. The lowest BCUT2D eigenvalue weighted by molar-refractivity contribution is 0.0954. The highest BCUT2D eigenvalue weighted by atomic mass is 16.1. The molecule has 3 heterocycles. The summed E-state index contributed by atoms with van der Waals surface area (Å²) in [6.45, 7) is 11.8. The Morgan fingerprint density at radius 1 is 1.15 bits per heavy atom. The smallest absolute Gasteiger partial charge is 0.252 e. The van der Waals surface area contributed by atoms with E-state index in [9.17, 15) is 4.79 Å². The number of hydrogen-bond acceptors (Lipinski definition) is 4. The van der Waals surface area contributed by atoms with Gasteiger partial charge in [-0.2, -0.15) is 5.10 Å². The first-order valence-corrected chi connectivity index (χ1v) is 11.8. The van der Waals surface area contributed by atoms with E-state index in [1.54, 1.807) is 0 Å². The molecule has 1 N–H and O–H groups in total. The standard InChI is InChI=1S/C26H32N6O/c1-16-23-19(15-21(18-11-12-18)29-24(23)32(30-16)26(3,4)5)25(33)27-13-8-14-31-17(2)28-20-9-6-7-10-22(20)31/h6-7,9-10,15,18H,8,11-14H2,1-5H3,(H,27,33). The number of rotatable bonds is 6. The first-order chi connectivity index (χ1) is 15.7. The topological polar surface area (TPSA) is 77.6 Å². The van der Waals surface area contributed by atoms with Crippen LogP contribution in [0.5, 0.6) is 0 Å². The van der Waals surface area contributed by atoms with Gasteiger partial charge in [-0.25, -0.2) is 14.6 Å². The minimum atomic E-state index is -0.207. The van der Waals surface area contributed by atoms with E-state index in [4.69, 9.17) is 10.1 Å². The van der Waals surface area contributed by atoms with Crippen molar-refractivity contribution >= 4 is 28.0 Å². The van der Waals surface area contributed by atoms with Crippen molar-refractivity contribution in [3.8, 4) is 0 Å². The van der Waals surface area contributed by atoms with E-state index in [1.165, 1.54) is 0 Å². The van der Waals surface area contributed by atoms with E-state index >= 15 is 0 Å². The van der Waals surface area contributed by atoms with Crippen LogP contribution in [0.4, 0.5) is 0 Å². The number of carbonyl (C=O) groups is 1. The average Bonchev–Trinajstić information content (AvgIpc) is 3.49. The molecule has 1 saturated carbocycles. The molecular weight excluding hydrogens is 412 g/mol. The van der Waals surface area contributed by atoms with E-state index in [0.717, 1.165) is 65.1 Å². The van der Waals surface area contributed by atoms with Crippen LogP contribution in [0.2, 0.25) is 0 Å². The number of nitrogens with zero attached hydrogens (tertiary/aromatic N) is 5. The van der Waals surface area contributed by atoms with Gasteiger partial charge in [-0.05, 0) is 72.1 Å². The van der Waals surface area contributed by atoms with Crippen molar-refractivity contribution in [2.24, 2.45) is 0 Å². The fourth-order valence-corrected chi connectivity index (χ4v) is 4.56. The predicted octanol–water partition coefficient (Wildman–Crippen LogP) is 4.85. The molecule has 0 saturated heterocycles. The van der Waals surface area contributed by atoms with Gasteiger partial charge in [0.15, 0.2) is 5.65 Å². The first-order valence-electron chi connectivity index (χ1n) is 11.8.